The number of H-pyrrole nitrogens is 1. The number of fused-ring (bicyclic) bond motifs is 1. The maximum absolute atomic E-state index is 12.6. The van der Waals surface area contributed by atoms with Crippen LogP contribution in [0, 0.1) is 11.8 Å². The lowest BCUT2D eigenvalue weighted by molar-refractivity contribution is 0.0953. The van der Waals surface area contributed by atoms with Crippen molar-refractivity contribution < 1.29 is 4.79 Å². The van der Waals surface area contributed by atoms with E-state index in [9.17, 15) is 9.59 Å². The predicted octanol–water partition coefficient (Wildman–Crippen LogP) is 1.52. The summed E-state index contributed by atoms with van der Waals surface area (Å²) in [4.78, 5) is 29.3. The molecule has 2 aliphatic carbocycles. The van der Waals surface area contributed by atoms with Gasteiger partial charge in [-0.1, -0.05) is 6.92 Å². The van der Waals surface area contributed by atoms with Crippen molar-refractivity contribution in [3.05, 3.63) is 27.7 Å². The van der Waals surface area contributed by atoms with Gasteiger partial charge in [0.2, 0.25) is 0 Å². The van der Waals surface area contributed by atoms with Crippen LogP contribution in [0.5, 0.6) is 0 Å². The molecule has 1 amide bonds. The van der Waals surface area contributed by atoms with Gasteiger partial charge >= 0.3 is 0 Å². The van der Waals surface area contributed by atoms with Gasteiger partial charge in [-0.3, -0.25) is 19.4 Å². The highest BCUT2D eigenvalue weighted by Gasteiger charge is 2.33. The smallest absolute Gasteiger partial charge is 0.274 e. The van der Waals surface area contributed by atoms with Crippen LogP contribution < -0.4 is 10.9 Å². The largest absolute Gasteiger partial charge is 0.352 e. The van der Waals surface area contributed by atoms with E-state index in [1.807, 2.05) is 0 Å². The summed E-state index contributed by atoms with van der Waals surface area (Å²) in [5, 5.41) is 6.07. The van der Waals surface area contributed by atoms with Crippen LogP contribution >= 0.6 is 0 Å². The topological polar surface area (TPSA) is 79.8 Å². The Bertz CT molecular complexity index is 815. The zero-order chi connectivity index (χ0) is 15.4. The summed E-state index contributed by atoms with van der Waals surface area (Å²) in [7, 11) is 1.75. The van der Waals surface area contributed by atoms with Crippen LogP contribution in [0.3, 0.4) is 0 Å². The normalized spacial score (nSPS) is 23.7. The fraction of sp³-hybridized carbons (Fsp3) is 0.562. The van der Waals surface area contributed by atoms with Gasteiger partial charge in [0.05, 0.1) is 10.9 Å². The zero-order valence-electron chi connectivity index (χ0n) is 12.8. The number of aryl methyl sites for hydroxylation is 1. The number of carbonyl (C=O) groups is 1. The van der Waals surface area contributed by atoms with Crippen molar-refractivity contribution in [2.24, 2.45) is 18.9 Å². The monoisotopic (exact) mass is 300 g/mol. The maximum atomic E-state index is 12.6. The van der Waals surface area contributed by atoms with E-state index in [0.717, 1.165) is 18.5 Å². The van der Waals surface area contributed by atoms with Gasteiger partial charge < -0.3 is 5.32 Å². The van der Waals surface area contributed by atoms with Crippen LogP contribution in [0.25, 0.3) is 11.0 Å². The van der Waals surface area contributed by atoms with Gasteiger partial charge in [-0.05, 0) is 37.2 Å². The summed E-state index contributed by atoms with van der Waals surface area (Å²) >= 11 is 0. The minimum Gasteiger partial charge on any atom is -0.352 e. The summed E-state index contributed by atoms with van der Waals surface area (Å²) in [6.45, 7) is 2.88. The Hall–Kier alpha value is -2.11. The van der Waals surface area contributed by atoms with Crippen molar-refractivity contribution >= 4 is 16.9 Å². The Morgan fingerprint density at radius 1 is 1.50 bits per heavy atom. The van der Waals surface area contributed by atoms with Crippen molar-refractivity contribution in [2.75, 3.05) is 6.54 Å². The van der Waals surface area contributed by atoms with E-state index in [1.165, 1.54) is 6.42 Å². The van der Waals surface area contributed by atoms with Gasteiger partial charge in [0.15, 0.2) is 5.65 Å². The first kappa shape index (κ1) is 13.5. The van der Waals surface area contributed by atoms with E-state index in [4.69, 9.17) is 0 Å². The number of hydrogen-bond donors (Lipinski definition) is 2. The molecule has 6 nitrogen and oxygen atoms in total. The number of carbonyl (C=O) groups excluding carboxylic acids is 1. The Balaban J connectivity index is 1.73. The molecule has 0 aliphatic heterocycles. The molecule has 0 spiro atoms. The highest BCUT2D eigenvalue weighted by atomic mass is 16.2. The Labute approximate surface area is 127 Å². The third-order valence-electron chi connectivity index (χ3n) is 4.88. The Kier molecular flexibility index (Phi) is 2.89. The lowest BCUT2D eigenvalue weighted by atomic mass is 10.1. The van der Waals surface area contributed by atoms with Crippen molar-refractivity contribution in [1.29, 1.82) is 0 Å². The van der Waals surface area contributed by atoms with Crippen molar-refractivity contribution in [3.8, 4) is 0 Å². The predicted molar refractivity (Wildman–Crippen MR) is 82.9 cm³/mol. The molecule has 22 heavy (non-hydrogen) atoms. The van der Waals surface area contributed by atoms with E-state index < -0.39 is 0 Å². The molecule has 0 saturated heterocycles. The fourth-order valence-electron chi connectivity index (χ4n) is 3.05. The maximum Gasteiger partial charge on any atom is 0.274 e. The van der Waals surface area contributed by atoms with E-state index in [-0.39, 0.29) is 11.5 Å². The molecule has 2 unspecified atom stereocenters. The molecule has 2 atom stereocenters. The van der Waals surface area contributed by atoms with Gasteiger partial charge in [0.1, 0.15) is 0 Å². The number of nitrogens with zero attached hydrogens (tertiary/aromatic N) is 2. The van der Waals surface area contributed by atoms with E-state index in [0.29, 0.717) is 40.9 Å². The standard InChI is InChI=1S/C16H20N4O2/c1-8-5-10(8)7-17-15(21)11-6-12(9-3-4-9)18-14-13(11)16(22)19-20(14)2/h6,8-10H,3-5,7H2,1-2H3,(H,17,21)(H,19,22). The molecule has 2 fully saturated rings. The molecule has 2 aromatic rings. The average molecular weight is 300 g/mol. The molecule has 4 rings (SSSR count). The molecule has 0 bridgehead atoms. The minimum atomic E-state index is -0.253. The number of pyridine rings is 1. The lowest BCUT2D eigenvalue weighted by Crippen LogP contribution is -2.27. The molecular formula is C16H20N4O2. The number of rotatable bonds is 4. The van der Waals surface area contributed by atoms with Gasteiger partial charge in [-0.25, -0.2) is 4.98 Å². The van der Waals surface area contributed by atoms with Crippen LogP contribution in [-0.4, -0.2) is 27.2 Å². The molecule has 2 aliphatic rings. The lowest BCUT2D eigenvalue weighted by Gasteiger charge is -2.08. The Morgan fingerprint density at radius 2 is 2.23 bits per heavy atom. The molecule has 2 aromatic heterocycles. The second-order valence-electron chi connectivity index (χ2n) is 6.75. The Morgan fingerprint density at radius 3 is 2.86 bits per heavy atom. The molecule has 2 saturated carbocycles. The van der Waals surface area contributed by atoms with Crippen molar-refractivity contribution in [3.63, 3.8) is 0 Å². The third-order valence-corrected chi connectivity index (χ3v) is 4.88. The van der Waals surface area contributed by atoms with Gasteiger partial charge in [0, 0.05) is 25.2 Å². The first-order valence-corrected chi connectivity index (χ1v) is 7.92. The fourth-order valence-corrected chi connectivity index (χ4v) is 3.05. The number of aromatic amines is 1. The van der Waals surface area contributed by atoms with Crippen molar-refractivity contribution in [1.82, 2.24) is 20.1 Å². The third kappa shape index (κ3) is 2.23. The van der Waals surface area contributed by atoms with Gasteiger partial charge in [-0.15, -0.1) is 0 Å². The SMILES string of the molecule is CC1CC1CNC(=O)c1cc(C2CC2)nc2c1c(=O)[nH]n2C. The van der Waals surface area contributed by atoms with Crippen LogP contribution in [0.15, 0.2) is 10.9 Å². The summed E-state index contributed by atoms with van der Waals surface area (Å²) < 4.78 is 1.60. The minimum absolute atomic E-state index is 0.162. The van der Waals surface area contributed by atoms with E-state index in [1.54, 1.807) is 17.8 Å². The number of aromatic nitrogens is 3. The molecule has 2 heterocycles. The summed E-state index contributed by atoms with van der Waals surface area (Å²) in [6, 6.07) is 1.81. The van der Waals surface area contributed by atoms with Crippen LogP contribution in [0.2, 0.25) is 0 Å². The highest BCUT2D eigenvalue weighted by molar-refractivity contribution is 6.05. The van der Waals surface area contributed by atoms with Crippen molar-refractivity contribution in [2.45, 2.75) is 32.1 Å². The molecule has 116 valence electrons. The van der Waals surface area contributed by atoms with Crippen LogP contribution in [0.4, 0.5) is 0 Å². The number of nitrogens with one attached hydrogen (secondary N) is 2. The summed E-state index contributed by atoms with van der Waals surface area (Å²) in [5.41, 5.74) is 1.70. The molecule has 6 heteroatoms. The molecule has 0 radical (unpaired) electrons. The number of hydrogen-bond acceptors (Lipinski definition) is 3. The van der Waals surface area contributed by atoms with Crippen LogP contribution in [0.1, 0.15) is 48.2 Å². The molecule has 2 N–H and O–H groups in total. The second-order valence-corrected chi connectivity index (χ2v) is 6.75. The van der Waals surface area contributed by atoms with Gasteiger partial charge in [-0.2, -0.15) is 0 Å². The quantitative estimate of drug-likeness (QED) is 0.898. The highest BCUT2D eigenvalue weighted by Crippen LogP contribution is 2.40. The average Bonchev–Trinajstić information content (AvgIpc) is 3.39. The molecule has 0 aromatic carbocycles. The van der Waals surface area contributed by atoms with E-state index in [2.05, 4.69) is 22.3 Å². The number of amides is 1. The summed E-state index contributed by atoms with van der Waals surface area (Å²) in [5.74, 6) is 1.55. The van der Waals surface area contributed by atoms with Crippen LogP contribution in [-0.2, 0) is 7.05 Å². The first-order valence-electron chi connectivity index (χ1n) is 7.92. The van der Waals surface area contributed by atoms with E-state index >= 15 is 0 Å². The first-order chi connectivity index (χ1) is 10.5. The molecular weight excluding hydrogens is 280 g/mol. The second kappa shape index (κ2) is 4.69. The zero-order valence-corrected chi connectivity index (χ0v) is 12.8. The summed E-state index contributed by atoms with van der Waals surface area (Å²) in [6.07, 6.45) is 3.39. The van der Waals surface area contributed by atoms with Gasteiger partial charge in [0.25, 0.3) is 11.5 Å².